The zero-order valence-corrected chi connectivity index (χ0v) is 20.2. The van der Waals surface area contributed by atoms with Crippen LogP contribution in [0.3, 0.4) is 0 Å². The number of pyridine rings is 1. The van der Waals surface area contributed by atoms with E-state index >= 15 is 0 Å². The van der Waals surface area contributed by atoms with E-state index in [1.54, 1.807) is 43.6 Å². The van der Waals surface area contributed by atoms with Crippen LogP contribution < -0.4 is 14.8 Å². The van der Waals surface area contributed by atoms with Gasteiger partial charge in [-0.3, -0.25) is 9.78 Å². The minimum Gasteiger partial charge on any atom is -0.505 e. The summed E-state index contributed by atoms with van der Waals surface area (Å²) in [6, 6.07) is 25.0. The van der Waals surface area contributed by atoms with Crippen molar-refractivity contribution in [2.75, 3.05) is 13.7 Å². The third kappa shape index (κ3) is 4.51. The highest BCUT2D eigenvalue weighted by molar-refractivity contribution is 6.35. The third-order valence-corrected chi connectivity index (χ3v) is 6.34. The standard InChI is InChI=1S/C29H23ClN2O4/c1-35-25-14-13-21(19-10-5-6-11-20(19)25)27(32-26(33)17-36-18-8-3-2-4-9-18)23-16-24(30)22-12-7-15-31-28(22)29(23)34/h2-16,27,34H,17H2,1H3,(H,32,33). The van der Waals surface area contributed by atoms with Gasteiger partial charge in [0.15, 0.2) is 6.61 Å². The Balaban J connectivity index is 1.62. The monoisotopic (exact) mass is 498 g/mol. The van der Waals surface area contributed by atoms with Gasteiger partial charge in [0.2, 0.25) is 0 Å². The molecule has 36 heavy (non-hydrogen) atoms. The van der Waals surface area contributed by atoms with Crippen LogP contribution in [0.2, 0.25) is 5.02 Å². The smallest absolute Gasteiger partial charge is 0.258 e. The summed E-state index contributed by atoms with van der Waals surface area (Å²) in [4.78, 5) is 17.4. The summed E-state index contributed by atoms with van der Waals surface area (Å²) >= 11 is 6.60. The van der Waals surface area contributed by atoms with Gasteiger partial charge < -0.3 is 19.9 Å². The van der Waals surface area contributed by atoms with Crippen LogP contribution in [0.15, 0.2) is 91.1 Å². The lowest BCUT2D eigenvalue weighted by Crippen LogP contribution is -2.33. The molecule has 2 N–H and O–H groups in total. The maximum absolute atomic E-state index is 13.1. The molecule has 1 heterocycles. The number of aromatic nitrogens is 1. The van der Waals surface area contributed by atoms with Crippen molar-refractivity contribution < 1.29 is 19.4 Å². The van der Waals surface area contributed by atoms with Gasteiger partial charge >= 0.3 is 0 Å². The highest BCUT2D eigenvalue weighted by atomic mass is 35.5. The molecule has 5 aromatic rings. The van der Waals surface area contributed by atoms with E-state index in [4.69, 9.17) is 21.1 Å². The van der Waals surface area contributed by atoms with Gasteiger partial charge in [-0.2, -0.15) is 0 Å². The highest BCUT2D eigenvalue weighted by Crippen LogP contribution is 2.41. The molecule has 0 radical (unpaired) electrons. The minimum absolute atomic E-state index is 0.0517. The molecule has 0 aliphatic heterocycles. The lowest BCUT2D eigenvalue weighted by atomic mass is 9.91. The summed E-state index contributed by atoms with van der Waals surface area (Å²) in [6.45, 7) is -0.199. The quantitative estimate of drug-likeness (QED) is 0.286. The van der Waals surface area contributed by atoms with E-state index in [0.29, 0.717) is 33.0 Å². The molecule has 1 amide bonds. The van der Waals surface area contributed by atoms with Gasteiger partial charge in [-0.25, -0.2) is 0 Å². The molecule has 0 aliphatic rings. The maximum Gasteiger partial charge on any atom is 0.258 e. The Labute approximate surface area is 213 Å². The fraction of sp³-hybridized carbons (Fsp3) is 0.103. The number of rotatable bonds is 7. The number of methoxy groups -OCH3 is 1. The number of carbonyl (C=O) groups is 1. The summed E-state index contributed by atoms with van der Waals surface area (Å²) in [5, 5.41) is 17.1. The van der Waals surface area contributed by atoms with E-state index in [0.717, 1.165) is 16.3 Å². The van der Waals surface area contributed by atoms with E-state index < -0.39 is 6.04 Å². The molecule has 1 aromatic heterocycles. The van der Waals surface area contributed by atoms with Crippen molar-refractivity contribution in [3.63, 3.8) is 0 Å². The number of phenolic OH excluding ortho intramolecular Hbond substituents is 1. The molecule has 0 spiro atoms. The number of para-hydroxylation sites is 1. The number of fused-ring (bicyclic) bond motifs is 2. The van der Waals surface area contributed by atoms with Gasteiger partial charge in [0.1, 0.15) is 22.8 Å². The number of amides is 1. The molecule has 0 fully saturated rings. The van der Waals surface area contributed by atoms with Crippen molar-refractivity contribution in [2.45, 2.75) is 6.04 Å². The van der Waals surface area contributed by atoms with E-state index in [1.165, 1.54) is 0 Å². The van der Waals surface area contributed by atoms with Gasteiger partial charge in [0.05, 0.1) is 18.2 Å². The lowest BCUT2D eigenvalue weighted by molar-refractivity contribution is -0.123. The highest BCUT2D eigenvalue weighted by Gasteiger charge is 2.25. The Kier molecular flexibility index (Phi) is 6.60. The second-order valence-electron chi connectivity index (χ2n) is 8.20. The van der Waals surface area contributed by atoms with Gasteiger partial charge in [0.25, 0.3) is 5.91 Å². The zero-order valence-electron chi connectivity index (χ0n) is 19.4. The maximum atomic E-state index is 13.1. The Morgan fingerprint density at radius 2 is 1.67 bits per heavy atom. The van der Waals surface area contributed by atoms with Crippen LogP contribution in [0.25, 0.3) is 21.7 Å². The predicted molar refractivity (Wildman–Crippen MR) is 141 cm³/mol. The number of carbonyl (C=O) groups excluding carboxylic acids is 1. The van der Waals surface area contributed by atoms with Crippen LogP contribution in [-0.4, -0.2) is 29.7 Å². The first-order valence-corrected chi connectivity index (χ1v) is 11.7. The van der Waals surface area contributed by atoms with Gasteiger partial charge in [-0.05, 0) is 47.3 Å². The second-order valence-corrected chi connectivity index (χ2v) is 8.61. The minimum atomic E-state index is -0.739. The summed E-state index contributed by atoms with van der Waals surface area (Å²) < 4.78 is 11.2. The molecule has 1 unspecified atom stereocenters. The third-order valence-electron chi connectivity index (χ3n) is 6.02. The van der Waals surface area contributed by atoms with Crippen molar-refractivity contribution in [1.29, 1.82) is 0 Å². The normalized spacial score (nSPS) is 11.8. The van der Waals surface area contributed by atoms with Crippen molar-refractivity contribution in [3.05, 3.63) is 107 Å². The average molecular weight is 499 g/mol. The summed E-state index contributed by atoms with van der Waals surface area (Å²) in [7, 11) is 1.61. The number of nitrogens with one attached hydrogen (secondary N) is 1. The molecule has 0 saturated carbocycles. The Bertz CT molecular complexity index is 1560. The number of aromatic hydroxyl groups is 1. The second kappa shape index (κ2) is 10.1. The topological polar surface area (TPSA) is 80.7 Å². The van der Waals surface area contributed by atoms with Gasteiger partial charge in [0, 0.05) is 22.5 Å². The van der Waals surface area contributed by atoms with Crippen molar-refractivity contribution in [2.24, 2.45) is 0 Å². The number of ether oxygens (including phenoxy) is 2. The summed E-state index contributed by atoms with van der Waals surface area (Å²) in [5.41, 5.74) is 1.55. The molecule has 5 rings (SSSR count). The van der Waals surface area contributed by atoms with E-state index in [2.05, 4.69) is 10.3 Å². The van der Waals surface area contributed by atoms with Crippen molar-refractivity contribution >= 4 is 39.2 Å². The number of hydrogen-bond donors (Lipinski definition) is 2. The van der Waals surface area contributed by atoms with Crippen LogP contribution in [0, 0.1) is 0 Å². The molecule has 1 atom stereocenters. The zero-order chi connectivity index (χ0) is 25.1. The first kappa shape index (κ1) is 23.5. The molecule has 0 bridgehead atoms. The fourth-order valence-corrected chi connectivity index (χ4v) is 4.61. The lowest BCUT2D eigenvalue weighted by Gasteiger charge is -2.24. The number of nitrogens with zero attached hydrogens (tertiary/aromatic N) is 1. The van der Waals surface area contributed by atoms with Crippen LogP contribution in [0.1, 0.15) is 17.2 Å². The SMILES string of the molecule is COc1ccc(C(NC(=O)COc2ccccc2)c2cc(Cl)c3cccnc3c2O)c2ccccc12. The molecule has 0 saturated heterocycles. The van der Waals surface area contributed by atoms with E-state index in [1.807, 2.05) is 54.6 Å². The Hall–Kier alpha value is -4.29. The molecular weight excluding hydrogens is 476 g/mol. The number of benzene rings is 4. The first-order chi connectivity index (χ1) is 17.6. The molecule has 4 aromatic carbocycles. The molecule has 180 valence electrons. The summed E-state index contributed by atoms with van der Waals surface area (Å²) in [5.74, 6) is 0.874. The fourth-order valence-electron chi connectivity index (χ4n) is 4.34. The molecular formula is C29H23ClN2O4. The van der Waals surface area contributed by atoms with Crippen LogP contribution in [0.5, 0.6) is 17.2 Å². The number of hydrogen-bond acceptors (Lipinski definition) is 5. The number of halogens is 1. The van der Waals surface area contributed by atoms with Crippen molar-refractivity contribution in [3.8, 4) is 17.2 Å². The first-order valence-electron chi connectivity index (χ1n) is 11.4. The molecule has 6 nitrogen and oxygen atoms in total. The van der Waals surface area contributed by atoms with Gasteiger partial charge in [-0.15, -0.1) is 0 Å². The predicted octanol–water partition coefficient (Wildman–Crippen LogP) is 6.04. The Morgan fingerprint density at radius 1 is 0.944 bits per heavy atom. The van der Waals surface area contributed by atoms with Crippen LogP contribution >= 0.6 is 11.6 Å². The number of phenols is 1. The van der Waals surface area contributed by atoms with Crippen LogP contribution in [-0.2, 0) is 4.79 Å². The summed E-state index contributed by atoms with van der Waals surface area (Å²) in [6.07, 6.45) is 1.59. The molecule has 0 aliphatic carbocycles. The average Bonchev–Trinajstić information content (AvgIpc) is 2.93. The van der Waals surface area contributed by atoms with Crippen molar-refractivity contribution in [1.82, 2.24) is 10.3 Å². The van der Waals surface area contributed by atoms with E-state index in [9.17, 15) is 9.90 Å². The Morgan fingerprint density at radius 3 is 2.44 bits per heavy atom. The largest absolute Gasteiger partial charge is 0.505 e. The van der Waals surface area contributed by atoms with Gasteiger partial charge in [-0.1, -0.05) is 60.1 Å². The van der Waals surface area contributed by atoms with E-state index in [-0.39, 0.29) is 18.3 Å². The van der Waals surface area contributed by atoms with Crippen LogP contribution in [0.4, 0.5) is 0 Å². The molecule has 7 heteroatoms.